The van der Waals surface area contributed by atoms with E-state index in [9.17, 15) is 4.79 Å². The van der Waals surface area contributed by atoms with Crippen molar-refractivity contribution in [3.8, 4) is 5.69 Å². The van der Waals surface area contributed by atoms with E-state index in [0.717, 1.165) is 17.7 Å². The van der Waals surface area contributed by atoms with Gasteiger partial charge in [-0.3, -0.25) is 4.57 Å². The van der Waals surface area contributed by atoms with Crippen LogP contribution in [0.4, 0.5) is 0 Å². The second-order valence-corrected chi connectivity index (χ2v) is 5.40. The average molecular weight is 245 g/mol. The summed E-state index contributed by atoms with van der Waals surface area (Å²) in [5.74, 6) is 0. The summed E-state index contributed by atoms with van der Waals surface area (Å²) in [6.07, 6.45) is 4.30. The quantitative estimate of drug-likeness (QED) is 0.890. The predicted molar refractivity (Wildman–Crippen MR) is 73.0 cm³/mol. The summed E-state index contributed by atoms with van der Waals surface area (Å²) in [4.78, 5) is 11.9. The van der Waals surface area contributed by atoms with Crippen molar-refractivity contribution in [2.24, 2.45) is 12.8 Å². The molecule has 2 aromatic rings. The number of hydrogen-bond acceptors (Lipinski definition) is 2. The molecule has 0 saturated carbocycles. The number of rotatable bonds is 3. The third-order valence-corrected chi connectivity index (χ3v) is 2.80. The Bertz CT molecular complexity index is 602. The van der Waals surface area contributed by atoms with E-state index in [1.54, 1.807) is 28.6 Å². The van der Waals surface area contributed by atoms with Crippen LogP contribution < -0.4 is 11.4 Å². The molecule has 1 aromatic heterocycles. The van der Waals surface area contributed by atoms with Crippen molar-refractivity contribution < 1.29 is 0 Å². The molecule has 0 aliphatic heterocycles. The summed E-state index contributed by atoms with van der Waals surface area (Å²) in [5.41, 5.74) is 7.74. The Morgan fingerprint density at radius 3 is 2.56 bits per heavy atom. The van der Waals surface area contributed by atoms with Crippen LogP contribution in [0, 0.1) is 0 Å². The molecule has 0 aliphatic rings. The Labute approximate surface area is 107 Å². The van der Waals surface area contributed by atoms with Crippen molar-refractivity contribution in [2.75, 3.05) is 0 Å². The Hall–Kier alpha value is -1.81. The first-order valence-corrected chi connectivity index (χ1v) is 5.99. The molecule has 0 atom stereocenters. The van der Waals surface area contributed by atoms with Crippen LogP contribution in [-0.2, 0) is 13.5 Å². The van der Waals surface area contributed by atoms with E-state index in [0.29, 0.717) is 0 Å². The molecular formula is C14H19N3O. The van der Waals surface area contributed by atoms with Gasteiger partial charge in [-0.15, -0.1) is 0 Å². The standard InChI is InChI=1S/C14H19N3O/c1-14(2,15)10-11-5-4-6-12(9-11)17-8-7-16(3)13(17)18/h4-9H,10,15H2,1-3H3. The van der Waals surface area contributed by atoms with Crippen molar-refractivity contribution in [2.45, 2.75) is 25.8 Å². The molecule has 0 bridgehead atoms. The van der Waals surface area contributed by atoms with E-state index >= 15 is 0 Å². The second-order valence-electron chi connectivity index (χ2n) is 5.40. The summed E-state index contributed by atoms with van der Waals surface area (Å²) >= 11 is 0. The monoisotopic (exact) mass is 245 g/mol. The van der Waals surface area contributed by atoms with Gasteiger partial charge in [-0.25, -0.2) is 4.79 Å². The van der Waals surface area contributed by atoms with Crippen molar-refractivity contribution in [1.29, 1.82) is 0 Å². The number of aromatic nitrogens is 2. The summed E-state index contributed by atoms with van der Waals surface area (Å²) in [7, 11) is 1.74. The van der Waals surface area contributed by atoms with E-state index in [4.69, 9.17) is 5.73 Å². The molecule has 2 rings (SSSR count). The third-order valence-electron chi connectivity index (χ3n) is 2.80. The number of nitrogens with zero attached hydrogens (tertiary/aromatic N) is 2. The molecule has 0 aliphatic carbocycles. The summed E-state index contributed by atoms with van der Waals surface area (Å²) in [6.45, 7) is 3.99. The van der Waals surface area contributed by atoms with Crippen LogP contribution >= 0.6 is 0 Å². The first-order chi connectivity index (χ1) is 8.37. The van der Waals surface area contributed by atoms with Gasteiger partial charge in [-0.2, -0.15) is 0 Å². The molecule has 1 aromatic carbocycles. The molecule has 0 radical (unpaired) electrons. The highest BCUT2D eigenvalue weighted by Gasteiger charge is 2.12. The van der Waals surface area contributed by atoms with Gasteiger partial charge < -0.3 is 10.3 Å². The van der Waals surface area contributed by atoms with Gasteiger partial charge >= 0.3 is 5.69 Å². The molecule has 4 nitrogen and oxygen atoms in total. The highest BCUT2D eigenvalue weighted by molar-refractivity contribution is 5.36. The smallest absolute Gasteiger partial charge is 0.325 e. The molecule has 1 heterocycles. The number of imidazole rings is 1. The second kappa shape index (κ2) is 4.46. The number of aryl methyl sites for hydroxylation is 1. The topological polar surface area (TPSA) is 52.9 Å². The lowest BCUT2D eigenvalue weighted by Gasteiger charge is -2.18. The normalized spacial score (nSPS) is 11.8. The fraction of sp³-hybridized carbons (Fsp3) is 0.357. The van der Waals surface area contributed by atoms with Gasteiger partial charge in [0.25, 0.3) is 0 Å². The van der Waals surface area contributed by atoms with Gasteiger partial charge in [-0.1, -0.05) is 12.1 Å². The van der Waals surface area contributed by atoms with Gasteiger partial charge in [-0.05, 0) is 38.0 Å². The summed E-state index contributed by atoms with van der Waals surface area (Å²) in [6, 6.07) is 7.92. The Kier molecular flexibility index (Phi) is 3.13. The molecule has 0 amide bonds. The van der Waals surface area contributed by atoms with Crippen LogP contribution in [0.25, 0.3) is 5.69 Å². The van der Waals surface area contributed by atoms with Gasteiger partial charge in [0.05, 0.1) is 5.69 Å². The van der Waals surface area contributed by atoms with E-state index < -0.39 is 0 Å². The third kappa shape index (κ3) is 2.71. The lowest BCUT2D eigenvalue weighted by atomic mass is 9.96. The highest BCUT2D eigenvalue weighted by atomic mass is 16.1. The van der Waals surface area contributed by atoms with Crippen LogP contribution in [0.3, 0.4) is 0 Å². The molecule has 96 valence electrons. The van der Waals surface area contributed by atoms with Crippen LogP contribution in [0.15, 0.2) is 41.5 Å². The van der Waals surface area contributed by atoms with Gasteiger partial charge in [0.15, 0.2) is 0 Å². The van der Waals surface area contributed by atoms with Crippen LogP contribution in [0.1, 0.15) is 19.4 Å². The Balaban J connectivity index is 2.39. The lowest BCUT2D eigenvalue weighted by molar-refractivity contribution is 0.516. The van der Waals surface area contributed by atoms with E-state index in [1.807, 2.05) is 38.1 Å². The first-order valence-electron chi connectivity index (χ1n) is 5.99. The average Bonchev–Trinajstić information content (AvgIpc) is 2.58. The van der Waals surface area contributed by atoms with E-state index in [2.05, 4.69) is 0 Å². The van der Waals surface area contributed by atoms with E-state index in [-0.39, 0.29) is 11.2 Å². The maximum atomic E-state index is 11.9. The zero-order valence-corrected chi connectivity index (χ0v) is 11.1. The molecule has 0 spiro atoms. The molecular weight excluding hydrogens is 226 g/mol. The van der Waals surface area contributed by atoms with Gasteiger partial charge in [0, 0.05) is 25.0 Å². The van der Waals surface area contributed by atoms with E-state index in [1.165, 1.54) is 0 Å². The minimum Gasteiger partial charge on any atom is -0.325 e. The fourth-order valence-electron chi connectivity index (χ4n) is 2.00. The zero-order valence-electron chi connectivity index (χ0n) is 11.1. The molecule has 0 saturated heterocycles. The molecule has 0 unspecified atom stereocenters. The minimum absolute atomic E-state index is 0.0424. The number of nitrogens with two attached hydrogens (primary N) is 1. The van der Waals surface area contributed by atoms with Crippen molar-refractivity contribution in [3.05, 3.63) is 52.7 Å². The van der Waals surface area contributed by atoms with Crippen molar-refractivity contribution in [3.63, 3.8) is 0 Å². The first kappa shape index (κ1) is 12.6. The van der Waals surface area contributed by atoms with Crippen molar-refractivity contribution >= 4 is 0 Å². The Morgan fingerprint density at radius 1 is 1.28 bits per heavy atom. The van der Waals surface area contributed by atoms with Gasteiger partial charge in [0.1, 0.15) is 0 Å². The molecule has 0 fully saturated rings. The maximum absolute atomic E-state index is 11.9. The van der Waals surface area contributed by atoms with Crippen LogP contribution in [0.2, 0.25) is 0 Å². The zero-order chi connectivity index (χ0) is 13.3. The molecule has 4 heteroatoms. The van der Waals surface area contributed by atoms with Crippen LogP contribution in [0.5, 0.6) is 0 Å². The van der Waals surface area contributed by atoms with Crippen molar-refractivity contribution in [1.82, 2.24) is 9.13 Å². The van der Waals surface area contributed by atoms with Crippen LogP contribution in [-0.4, -0.2) is 14.7 Å². The summed E-state index contributed by atoms with van der Waals surface area (Å²) in [5, 5.41) is 0. The maximum Gasteiger partial charge on any atom is 0.332 e. The number of benzene rings is 1. The fourth-order valence-corrected chi connectivity index (χ4v) is 2.00. The van der Waals surface area contributed by atoms with Gasteiger partial charge in [0.2, 0.25) is 0 Å². The predicted octanol–water partition coefficient (Wildman–Crippen LogP) is 1.46. The largest absolute Gasteiger partial charge is 0.332 e. The molecule has 18 heavy (non-hydrogen) atoms. The summed E-state index contributed by atoms with van der Waals surface area (Å²) < 4.78 is 3.19. The minimum atomic E-state index is -0.250. The highest BCUT2D eigenvalue weighted by Crippen LogP contribution is 2.14. The molecule has 2 N–H and O–H groups in total. The Morgan fingerprint density at radius 2 is 2.00 bits per heavy atom. The lowest BCUT2D eigenvalue weighted by Crippen LogP contribution is -2.34. The number of hydrogen-bond donors (Lipinski definition) is 1. The SMILES string of the molecule is Cn1ccn(-c2cccc(CC(C)(C)N)c2)c1=O.